The van der Waals surface area contributed by atoms with Crippen LogP contribution >= 0.6 is 0 Å². The lowest BCUT2D eigenvalue weighted by atomic mass is 9.92. The first-order valence-corrected chi connectivity index (χ1v) is 10.5. The van der Waals surface area contributed by atoms with Gasteiger partial charge in [0.1, 0.15) is 11.6 Å². The van der Waals surface area contributed by atoms with E-state index in [0.717, 1.165) is 0 Å². The van der Waals surface area contributed by atoms with E-state index in [4.69, 9.17) is 4.42 Å². The van der Waals surface area contributed by atoms with Crippen molar-refractivity contribution in [3.63, 3.8) is 0 Å². The van der Waals surface area contributed by atoms with Crippen molar-refractivity contribution >= 4 is 22.3 Å². The van der Waals surface area contributed by atoms with E-state index in [1.165, 1.54) is 18.2 Å². The van der Waals surface area contributed by atoms with Gasteiger partial charge in [-0.15, -0.1) is 10.6 Å². The number of aliphatic hydroxyl groups is 1. The molecule has 8 heteroatoms. The predicted molar refractivity (Wildman–Crippen MR) is 111 cm³/mol. The molecule has 1 heterocycles. The van der Waals surface area contributed by atoms with Crippen LogP contribution in [0.2, 0.25) is 0 Å². The van der Waals surface area contributed by atoms with Gasteiger partial charge in [-0.3, -0.25) is 0 Å². The third-order valence-electron chi connectivity index (χ3n) is 4.53. The molecule has 1 aromatic heterocycles. The second kappa shape index (κ2) is 8.67. The highest BCUT2D eigenvalue weighted by Crippen LogP contribution is 2.34. The van der Waals surface area contributed by atoms with Crippen LogP contribution in [-0.4, -0.2) is 11.1 Å². The van der Waals surface area contributed by atoms with E-state index < -0.39 is 22.2 Å². The number of furan rings is 1. The molecule has 160 valence electrons. The quantitative estimate of drug-likeness (QED) is 0.582. The number of halogens is 1. The topological polar surface area (TPSA) is 91.9 Å². The summed E-state index contributed by atoms with van der Waals surface area (Å²) in [4.78, 5) is 12.5. The molecule has 0 saturated heterocycles. The van der Waals surface area contributed by atoms with Gasteiger partial charge < -0.3 is 23.4 Å². The van der Waals surface area contributed by atoms with Crippen LogP contribution in [0.3, 0.4) is 0 Å². The average Bonchev–Trinajstić information content (AvgIpc) is 2.97. The Morgan fingerprint density at radius 3 is 2.10 bits per heavy atom. The number of nitrogens with one attached hydrogen (secondary N) is 1. The summed E-state index contributed by atoms with van der Waals surface area (Å²) in [6, 6.07) is 3.38. The number of nitrogens with zero attached hydrogens (tertiary/aromatic N) is 1. The monoisotopic (exact) mass is 423 g/mol. The molecule has 0 bridgehead atoms. The van der Waals surface area contributed by atoms with Gasteiger partial charge in [0.15, 0.2) is 0 Å². The van der Waals surface area contributed by atoms with Crippen molar-refractivity contribution < 1.29 is 22.9 Å². The molecule has 2 aromatic rings. The molecule has 29 heavy (non-hydrogen) atoms. The summed E-state index contributed by atoms with van der Waals surface area (Å²) < 4.78 is 35.6. The van der Waals surface area contributed by atoms with Crippen LogP contribution in [-0.2, 0) is 20.4 Å². The lowest BCUT2D eigenvalue weighted by molar-refractivity contribution is 0.0769. The van der Waals surface area contributed by atoms with E-state index in [-0.39, 0.29) is 22.7 Å². The fraction of sp³-hybridized carbons (Fsp3) is 0.476. The number of anilines is 1. The SMILES string of the molecule is Cc1oc([S-](=O)=NC(=O)Nc2c(C(C)C)cc(F)cc2C(C)C)cc1C(C)(C)O. The number of hydrogen-bond donors (Lipinski definition) is 2. The first kappa shape index (κ1) is 23.1. The van der Waals surface area contributed by atoms with Crippen LogP contribution in [0.1, 0.15) is 75.8 Å². The Bertz CT molecular complexity index is 968. The molecule has 2 rings (SSSR count). The maximum Gasteiger partial charge on any atom is 0.322 e. The lowest BCUT2D eigenvalue weighted by Crippen LogP contribution is -2.15. The molecule has 0 saturated carbocycles. The van der Waals surface area contributed by atoms with Gasteiger partial charge in [-0.2, -0.15) is 0 Å². The van der Waals surface area contributed by atoms with Crippen molar-refractivity contribution in [1.82, 2.24) is 0 Å². The largest absolute Gasteiger partial charge is 0.485 e. The van der Waals surface area contributed by atoms with Crippen molar-refractivity contribution in [2.75, 3.05) is 5.32 Å². The number of carbonyl (C=O) groups excluding carboxylic acids is 1. The van der Waals surface area contributed by atoms with E-state index in [2.05, 4.69) is 9.68 Å². The Balaban J connectivity index is 2.39. The normalized spacial score (nSPS) is 13.3. The molecular formula is C21H28FN2O4S-. The zero-order valence-corrected chi connectivity index (χ0v) is 18.6. The zero-order chi connectivity index (χ0) is 22.1. The van der Waals surface area contributed by atoms with Crippen LogP contribution < -0.4 is 5.32 Å². The van der Waals surface area contributed by atoms with Crippen molar-refractivity contribution in [3.8, 4) is 0 Å². The number of hydrogen-bond acceptors (Lipinski definition) is 5. The number of rotatable bonds is 5. The summed E-state index contributed by atoms with van der Waals surface area (Å²) in [7, 11) is -2.09. The Hall–Kier alpha value is -2.19. The Morgan fingerprint density at radius 2 is 1.69 bits per heavy atom. The van der Waals surface area contributed by atoms with Crippen molar-refractivity contribution in [3.05, 3.63) is 46.5 Å². The van der Waals surface area contributed by atoms with Crippen molar-refractivity contribution in [1.29, 1.82) is 0 Å². The van der Waals surface area contributed by atoms with Crippen molar-refractivity contribution in [2.45, 2.75) is 71.0 Å². The summed E-state index contributed by atoms with van der Waals surface area (Å²) in [6.45, 7) is 12.4. The fourth-order valence-electron chi connectivity index (χ4n) is 3.10. The Labute approximate surface area is 172 Å². The van der Waals surface area contributed by atoms with Crippen molar-refractivity contribution in [2.24, 2.45) is 4.36 Å². The molecule has 0 radical (unpaired) electrons. The Morgan fingerprint density at radius 1 is 1.17 bits per heavy atom. The predicted octanol–water partition coefficient (Wildman–Crippen LogP) is 5.94. The molecule has 0 aliphatic rings. The van der Waals surface area contributed by atoms with Gasteiger partial charge in [0.05, 0.1) is 10.7 Å². The van der Waals surface area contributed by atoms with Gasteiger partial charge in [0, 0.05) is 11.3 Å². The third-order valence-corrected chi connectivity index (χ3v) is 5.41. The summed E-state index contributed by atoms with van der Waals surface area (Å²) in [5.41, 5.74) is 1.06. The maximum absolute atomic E-state index is 14.0. The van der Waals surface area contributed by atoms with E-state index >= 15 is 0 Å². The molecule has 0 aliphatic carbocycles. The van der Waals surface area contributed by atoms with Crippen LogP contribution in [0.25, 0.3) is 0 Å². The summed E-state index contributed by atoms with van der Waals surface area (Å²) in [5.74, 6) is -0.0440. The van der Waals surface area contributed by atoms with E-state index in [1.807, 2.05) is 27.7 Å². The molecule has 6 nitrogen and oxygen atoms in total. The Kier molecular flexibility index (Phi) is 6.90. The van der Waals surface area contributed by atoms with Gasteiger partial charge >= 0.3 is 6.03 Å². The van der Waals surface area contributed by atoms with E-state index in [9.17, 15) is 18.5 Å². The minimum atomic E-state index is -2.09. The highest BCUT2D eigenvalue weighted by atomic mass is 32.2. The number of benzene rings is 1. The highest BCUT2D eigenvalue weighted by molar-refractivity contribution is 7.75. The van der Waals surface area contributed by atoms with Gasteiger partial charge in [-0.05, 0) is 61.9 Å². The molecule has 0 spiro atoms. The van der Waals surface area contributed by atoms with E-state index in [1.54, 1.807) is 20.8 Å². The van der Waals surface area contributed by atoms with Gasteiger partial charge in [0.2, 0.25) is 0 Å². The van der Waals surface area contributed by atoms with E-state index in [0.29, 0.717) is 28.1 Å². The first-order valence-electron chi connectivity index (χ1n) is 9.42. The maximum atomic E-state index is 14.0. The second-order valence-corrected chi connectivity index (χ2v) is 9.22. The number of carbonyl (C=O) groups is 1. The number of amides is 2. The standard InChI is InChI=1S/C21H28FN2O4S/c1-11(2)15-8-14(22)9-16(12(3)4)19(15)23-20(25)24-29(27)18-10-17(13(5)28-18)21(6,7)26/h8-12,26H,1-7H3,(H,23,25)/q-1. The molecule has 0 aliphatic heterocycles. The number of urea groups is 1. The van der Waals surface area contributed by atoms with Gasteiger partial charge in [0.25, 0.3) is 0 Å². The lowest BCUT2D eigenvalue weighted by Gasteiger charge is -2.20. The number of aryl methyl sites for hydroxylation is 1. The molecule has 2 amide bonds. The first-order chi connectivity index (χ1) is 13.3. The zero-order valence-electron chi connectivity index (χ0n) is 17.8. The summed E-state index contributed by atoms with van der Waals surface area (Å²) >= 11 is 0. The van der Waals surface area contributed by atoms with Crippen LogP contribution in [0, 0.1) is 12.7 Å². The molecule has 0 atom stereocenters. The minimum absolute atomic E-state index is 0.0259. The molecule has 2 N–H and O–H groups in total. The molecule has 1 aromatic carbocycles. The van der Waals surface area contributed by atoms with Crippen LogP contribution in [0.4, 0.5) is 14.9 Å². The smallest absolute Gasteiger partial charge is 0.322 e. The summed E-state index contributed by atoms with van der Waals surface area (Å²) in [6.07, 6.45) is 0. The third kappa shape index (κ3) is 5.45. The minimum Gasteiger partial charge on any atom is -0.485 e. The highest BCUT2D eigenvalue weighted by Gasteiger charge is 2.21. The molecule has 0 unspecified atom stereocenters. The average molecular weight is 424 g/mol. The van der Waals surface area contributed by atoms with Gasteiger partial charge in [-0.1, -0.05) is 27.7 Å². The molecular weight excluding hydrogens is 395 g/mol. The van der Waals surface area contributed by atoms with Crippen LogP contribution in [0.15, 0.2) is 32.1 Å². The molecule has 0 fully saturated rings. The van der Waals surface area contributed by atoms with Gasteiger partial charge in [-0.25, -0.2) is 9.18 Å². The summed E-state index contributed by atoms with van der Waals surface area (Å²) in [5, 5.41) is 12.8. The fourth-order valence-corrected chi connectivity index (χ4v) is 3.80. The van der Waals surface area contributed by atoms with Crippen LogP contribution in [0.5, 0.6) is 0 Å². The second-order valence-electron chi connectivity index (χ2n) is 8.13.